The first kappa shape index (κ1) is 59.3. The third-order valence-corrected chi connectivity index (χ3v) is 19.7. The summed E-state index contributed by atoms with van der Waals surface area (Å²) >= 11 is 1.36. The van der Waals surface area contributed by atoms with Gasteiger partial charge in [-0.2, -0.15) is 5.10 Å². The largest absolute Gasteiger partial charge is 0.492 e. The average Bonchev–Trinajstić information content (AvgIpc) is 4.38. The zero-order chi connectivity index (χ0) is 59.0. The molecule has 0 spiro atoms. The third-order valence-electron chi connectivity index (χ3n) is 16.2. The van der Waals surface area contributed by atoms with Crippen LogP contribution >= 0.6 is 11.3 Å². The summed E-state index contributed by atoms with van der Waals surface area (Å²) in [7, 11) is -3.85. The summed E-state index contributed by atoms with van der Waals surface area (Å²) < 4.78 is 59.4. The molecule has 83 heavy (non-hydrogen) atoms. The number of nitrogens with zero attached hydrogens (tertiary/aromatic N) is 11. The monoisotopic (exact) mass is 1180 g/mol. The van der Waals surface area contributed by atoms with Crippen molar-refractivity contribution in [3.63, 3.8) is 0 Å². The van der Waals surface area contributed by atoms with Crippen LogP contribution in [0.2, 0.25) is 0 Å². The first-order valence-electron chi connectivity index (χ1n) is 28.7. The molecule has 10 rings (SSSR count). The zero-order valence-corrected chi connectivity index (χ0v) is 50.5. The number of fused-ring (bicyclic) bond motifs is 1. The van der Waals surface area contributed by atoms with Gasteiger partial charge in [-0.25, -0.2) is 42.5 Å². The van der Waals surface area contributed by atoms with Crippen molar-refractivity contribution in [3.8, 4) is 11.5 Å². The number of carbonyl (C=O) groups excluding carboxylic acids is 3. The molecule has 24 heteroatoms. The normalized spacial score (nSPS) is 20.0. The number of hydrogen-bond donors (Lipinski definition) is 2. The Balaban J connectivity index is 0.724. The van der Waals surface area contributed by atoms with Crippen LogP contribution in [0.1, 0.15) is 125 Å². The Bertz CT molecular complexity index is 3410. The minimum Gasteiger partial charge on any atom is -0.492 e. The Hall–Kier alpha value is -6.89. The lowest BCUT2D eigenvalue weighted by Crippen LogP contribution is -2.63. The van der Waals surface area contributed by atoms with Gasteiger partial charge in [0.2, 0.25) is 17.6 Å². The molecule has 21 nitrogen and oxygen atoms in total. The van der Waals surface area contributed by atoms with E-state index in [-0.39, 0.29) is 70.8 Å². The second-order valence-corrected chi connectivity index (χ2v) is 28.0. The van der Waals surface area contributed by atoms with Gasteiger partial charge in [0.15, 0.2) is 21.4 Å². The quantitative estimate of drug-likeness (QED) is 0.0862. The van der Waals surface area contributed by atoms with E-state index in [1.807, 2.05) is 46.4 Å². The van der Waals surface area contributed by atoms with Gasteiger partial charge >= 0.3 is 6.09 Å². The van der Waals surface area contributed by atoms with E-state index in [1.165, 1.54) is 41.9 Å². The fraction of sp³-hybridized carbons (Fsp3) is 0.542. The second kappa shape index (κ2) is 24.4. The number of sulfone groups is 1. The average molecular weight is 1180 g/mol. The molecule has 4 aromatic heterocycles. The van der Waals surface area contributed by atoms with Gasteiger partial charge in [0.25, 0.3) is 0 Å². The van der Waals surface area contributed by atoms with Crippen molar-refractivity contribution in [3.05, 3.63) is 93.8 Å². The van der Waals surface area contributed by atoms with Gasteiger partial charge in [0, 0.05) is 98.1 Å². The lowest BCUT2D eigenvalue weighted by atomic mass is 9.98. The zero-order valence-electron chi connectivity index (χ0n) is 48.9. The summed E-state index contributed by atoms with van der Waals surface area (Å²) in [5, 5.41) is 13.5. The predicted octanol–water partition coefficient (Wildman–Crippen LogP) is 8.71. The number of carbonyl (C=O) groups is 3. The van der Waals surface area contributed by atoms with E-state index in [9.17, 15) is 27.2 Å². The summed E-state index contributed by atoms with van der Waals surface area (Å²) in [6.07, 6.45) is 9.15. The fourth-order valence-corrected chi connectivity index (χ4v) is 13.5. The SMILES string of the molecule is Cc1[nH]nc(Nc2ncnc3cc(OCC4CCN(c5ncc(OC6CCN(C[C@H]7CN(C(=O)OC(C)(C)C)[C@H](C)CN7CC(=O)N7CCCC7c7nc(C(=O)c8ccc(F)cc8)cs7)CC6)cn5)CC4)c(S(=O)(=O)C(C)(C)C)cc23)c1C. The van der Waals surface area contributed by atoms with Crippen molar-refractivity contribution in [2.75, 3.05) is 75.7 Å². The fourth-order valence-electron chi connectivity index (χ4n) is 11.2. The van der Waals surface area contributed by atoms with Gasteiger partial charge in [0.05, 0.1) is 41.9 Å². The van der Waals surface area contributed by atoms with Crippen LogP contribution in [0, 0.1) is 25.6 Å². The maximum absolute atomic E-state index is 14.4. The first-order valence-corrected chi connectivity index (χ1v) is 31.0. The minimum atomic E-state index is -3.85. The highest BCUT2D eigenvalue weighted by Crippen LogP contribution is 2.39. The van der Waals surface area contributed by atoms with E-state index >= 15 is 0 Å². The Morgan fingerprint density at radius 1 is 0.867 bits per heavy atom. The van der Waals surface area contributed by atoms with E-state index in [0.717, 1.165) is 62.9 Å². The first-order chi connectivity index (χ1) is 39.5. The number of ketones is 1. The highest BCUT2D eigenvalue weighted by atomic mass is 32.2. The number of nitrogens with one attached hydrogen (secondary N) is 2. The number of aryl methyl sites for hydroxylation is 1. The Labute approximate surface area is 488 Å². The van der Waals surface area contributed by atoms with Gasteiger partial charge in [-0.05, 0) is 137 Å². The standard InChI is InChI=1S/C59H76FN13O8S2/c1-36-29-71(32-51(74)72-20-10-11-48(72)55-65-47(34-82-55)52(75)40-12-14-41(60)15-13-40)42(31-73(36)57(76)81-58(4,5)6)30-69-21-18-43(19-22-69)80-44-27-61-56(62-28-44)70-23-16-39(17-24-70)33-79-49-26-46-45(25-50(49)83(77,78)59(7,8)9)54(64-35-63-46)66-53-37(2)38(3)67-68-53/h12-15,25-28,34-36,39,42-43,48H,10-11,16-24,29-33H2,1-9H3,(H2,63,64,66,67,68)/t36-,42+,48?/m1/s1. The number of anilines is 3. The molecule has 3 atom stereocenters. The molecule has 444 valence electrons. The number of piperazine rings is 1. The molecule has 4 aliphatic rings. The number of hydrogen-bond acceptors (Lipinski definition) is 19. The lowest BCUT2D eigenvalue weighted by Gasteiger charge is -2.47. The van der Waals surface area contributed by atoms with Crippen LogP contribution in [0.25, 0.3) is 10.9 Å². The Kier molecular flexibility index (Phi) is 17.4. The minimum absolute atomic E-state index is 0.0207. The molecule has 0 bridgehead atoms. The topological polar surface area (TPSA) is 234 Å². The number of ether oxygens (including phenoxy) is 3. The van der Waals surface area contributed by atoms with Gasteiger partial charge in [-0.1, -0.05) is 0 Å². The number of H-pyrrole nitrogens is 1. The van der Waals surface area contributed by atoms with E-state index in [4.69, 9.17) is 29.2 Å². The number of benzene rings is 2. The van der Waals surface area contributed by atoms with Crippen LogP contribution in [0.15, 0.2) is 65.4 Å². The van der Waals surface area contributed by atoms with Crippen LogP contribution < -0.4 is 19.7 Å². The maximum atomic E-state index is 14.4. The van der Waals surface area contributed by atoms with Gasteiger partial charge in [-0.15, -0.1) is 11.3 Å². The molecular weight excluding hydrogens is 1100 g/mol. The number of amides is 2. The van der Waals surface area contributed by atoms with Crippen LogP contribution in [0.3, 0.4) is 0 Å². The number of halogens is 1. The van der Waals surface area contributed by atoms with E-state index in [0.29, 0.717) is 90.7 Å². The smallest absolute Gasteiger partial charge is 0.410 e. The number of aromatic nitrogens is 7. The molecule has 0 radical (unpaired) electrons. The predicted molar refractivity (Wildman–Crippen MR) is 314 cm³/mol. The Morgan fingerprint density at radius 2 is 1.59 bits per heavy atom. The summed E-state index contributed by atoms with van der Waals surface area (Å²) in [6, 6.07) is 8.12. The van der Waals surface area contributed by atoms with Crippen molar-refractivity contribution in [2.24, 2.45) is 5.92 Å². The molecule has 4 saturated heterocycles. The van der Waals surface area contributed by atoms with Crippen molar-refractivity contribution in [1.29, 1.82) is 0 Å². The third kappa shape index (κ3) is 13.6. The highest BCUT2D eigenvalue weighted by Gasteiger charge is 2.41. The number of rotatable bonds is 16. The van der Waals surface area contributed by atoms with Crippen LogP contribution in [-0.2, 0) is 19.4 Å². The highest BCUT2D eigenvalue weighted by molar-refractivity contribution is 7.92. The number of likely N-dealkylation sites (tertiary alicyclic amines) is 2. The molecule has 0 aliphatic carbocycles. The molecule has 1 unspecified atom stereocenters. The summed E-state index contributed by atoms with van der Waals surface area (Å²) in [5.74, 6) is 1.93. The van der Waals surface area contributed by atoms with Gasteiger partial charge in [-0.3, -0.25) is 19.6 Å². The lowest BCUT2D eigenvalue weighted by molar-refractivity contribution is -0.135. The molecular formula is C59H76FN13O8S2. The summed E-state index contributed by atoms with van der Waals surface area (Å²) in [5.41, 5.74) is 2.34. The van der Waals surface area contributed by atoms with Gasteiger partial charge in [0.1, 0.15) is 51.0 Å². The molecule has 8 heterocycles. The van der Waals surface area contributed by atoms with Gasteiger partial charge < -0.3 is 39.1 Å². The molecule has 4 fully saturated rings. The van der Waals surface area contributed by atoms with E-state index in [1.54, 1.807) is 55.6 Å². The number of thiazole rings is 1. The molecule has 2 amide bonds. The van der Waals surface area contributed by atoms with Crippen molar-refractivity contribution >= 4 is 67.4 Å². The van der Waals surface area contributed by atoms with Crippen molar-refractivity contribution in [1.82, 2.24) is 54.7 Å². The molecule has 2 N–H and O–H groups in total. The molecule has 2 aromatic carbocycles. The van der Waals surface area contributed by atoms with Crippen LogP contribution in [0.5, 0.6) is 11.5 Å². The summed E-state index contributed by atoms with van der Waals surface area (Å²) in [6.45, 7) is 22.0. The number of piperidine rings is 2. The van der Waals surface area contributed by atoms with Crippen molar-refractivity contribution in [2.45, 2.75) is 140 Å². The Morgan fingerprint density at radius 3 is 2.27 bits per heavy atom. The molecule has 0 saturated carbocycles. The van der Waals surface area contributed by atoms with Crippen molar-refractivity contribution < 1.29 is 41.4 Å². The molecule has 6 aromatic rings. The van der Waals surface area contributed by atoms with E-state index < -0.39 is 26.0 Å². The second-order valence-electron chi connectivity index (χ2n) is 24.4. The van der Waals surface area contributed by atoms with Crippen LogP contribution in [-0.4, -0.2) is 175 Å². The number of aromatic amines is 1. The maximum Gasteiger partial charge on any atom is 0.410 e. The summed E-state index contributed by atoms with van der Waals surface area (Å²) in [4.78, 5) is 74.8. The molecule has 4 aliphatic heterocycles. The van der Waals surface area contributed by atoms with E-state index in [2.05, 4.69) is 40.2 Å². The van der Waals surface area contributed by atoms with Crippen LogP contribution in [0.4, 0.5) is 26.8 Å².